The fraction of sp³-hybridized carbons (Fsp3) is 0.176. The number of carbonyl (C=O) groups is 2. The third-order valence-corrected chi connectivity index (χ3v) is 2.59. The zero-order valence-corrected chi connectivity index (χ0v) is 12.5. The van der Waals surface area contributed by atoms with Crippen molar-refractivity contribution in [1.29, 1.82) is 0 Å². The highest BCUT2D eigenvalue weighted by molar-refractivity contribution is 5.92. The number of benzene rings is 2. The van der Waals surface area contributed by atoms with E-state index in [1.807, 2.05) is 30.3 Å². The van der Waals surface area contributed by atoms with Crippen LogP contribution in [-0.2, 0) is 20.9 Å². The van der Waals surface area contributed by atoms with Gasteiger partial charge in [-0.1, -0.05) is 42.5 Å². The fourth-order valence-electron chi connectivity index (χ4n) is 1.52. The molecule has 2 aromatic rings. The Morgan fingerprint density at radius 1 is 1.00 bits per heavy atom. The zero-order chi connectivity index (χ0) is 16.4. The zero-order valence-electron chi connectivity index (χ0n) is 12.5. The molecule has 0 amide bonds. The number of phenols is 1. The van der Waals surface area contributed by atoms with Gasteiger partial charge in [0.15, 0.2) is 0 Å². The van der Waals surface area contributed by atoms with Gasteiger partial charge in [0.05, 0.1) is 7.11 Å². The number of para-hydroxylation sites is 1. The Balaban J connectivity index is 0.000000220. The second-order valence-electron chi connectivity index (χ2n) is 4.27. The van der Waals surface area contributed by atoms with E-state index in [2.05, 4.69) is 4.74 Å². The number of aromatic hydroxyl groups is 1. The highest BCUT2D eigenvalue weighted by atomic mass is 16.5. The van der Waals surface area contributed by atoms with E-state index in [-0.39, 0.29) is 17.3 Å². The highest BCUT2D eigenvalue weighted by Gasteiger charge is 2.08. The van der Waals surface area contributed by atoms with Gasteiger partial charge in [-0.05, 0) is 17.7 Å². The molecule has 0 radical (unpaired) electrons. The van der Waals surface area contributed by atoms with E-state index in [1.165, 1.54) is 26.2 Å². The summed E-state index contributed by atoms with van der Waals surface area (Å²) in [6.45, 7) is 1.78. The summed E-state index contributed by atoms with van der Waals surface area (Å²) in [6.07, 6.45) is 0. The minimum atomic E-state index is -0.525. The van der Waals surface area contributed by atoms with Crippen molar-refractivity contribution < 1.29 is 24.2 Å². The number of methoxy groups -OCH3 is 1. The molecule has 0 heterocycles. The topological polar surface area (TPSA) is 72.8 Å². The number of rotatable bonds is 3. The van der Waals surface area contributed by atoms with Crippen LogP contribution in [0.4, 0.5) is 0 Å². The van der Waals surface area contributed by atoms with Crippen molar-refractivity contribution in [2.45, 2.75) is 13.5 Å². The van der Waals surface area contributed by atoms with Gasteiger partial charge in [-0.3, -0.25) is 4.79 Å². The summed E-state index contributed by atoms with van der Waals surface area (Å²) in [5, 5.41) is 9.11. The van der Waals surface area contributed by atoms with E-state index in [9.17, 15) is 9.59 Å². The molecule has 0 saturated carbocycles. The summed E-state index contributed by atoms with van der Waals surface area (Å²) in [5.74, 6) is -0.823. The molecule has 22 heavy (non-hydrogen) atoms. The predicted octanol–water partition coefficient (Wildman–Crippen LogP) is 2.93. The molecule has 0 aliphatic heterocycles. The molecule has 2 rings (SSSR count). The molecular formula is C17H18O5. The van der Waals surface area contributed by atoms with Gasteiger partial charge in [0, 0.05) is 6.92 Å². The van der Waals surface area contributed by atoms with Crippen molar-refractivity contribution in [2.75, 3.05) is 7.11 Å². The lowest BCUT2D eigenvalue weighted by atomic mass is 10.2. The van der Waals surface area contributed by atoms with E-state index in [1.54, 1.807) is 12.1 Å². The third-order valence-electron chi connectivity index (χ3n) is 2.59. The molecule has 0 fully saturated rings. The van der Waals surface area contributed by atoms with Gasteiger partial charge in [0.2, 0.25) is 0 Å². The van der Waals surface area contributed by atoms with Gasteiger partial charge in [-0.15, -0.1) is 0 Å². The molecule has 5 heteroatoms. The first kappa shape index (κ1) is 17.2. The van der Waals surface area contributed by atoms with Crippen LogP contribution in [0.2, 0.25) is 0 Å². The Bertz CT molecular complexity index is 607. The lowest BCUT2D eigenvalue weighted by molar-refractivity contribution is -0.142. The molecule has 2 aromatic carbocycles. The van der Waals surface area contributed by atoms with E-state index in [0.29, 0.717) is 6.61 Å². The lowest BCUT2D eigenvalue weighted by Gasteiger charge is -1.99. The van der Waals surface area contributed by atoms with Gasteiger partial charge < -0.3 is 14.6 Å². The predicted molar refractivity (Wildman–Crippen MR) is 81.4 cm³/mol. The van der Waals surface area contributed by atoms with Crippen molar-refractivity contribution >= 4 is 11.9 Å². The van der Waals surface area contributed by atoms with E-state index in [0.717, 1.165) is 5.56 Å². The number of hydrogen-bond donors (Lipinski definition) is 1. The second-order valence-corrected chi connectivity index (χ2v) is 4.27. The highest BCUT2D eigenvalue weighted by Crippen LogP contribution is 2.15. The molecule has 0 bridgehead atoms. The Kier molecular flexibility index (Phi) is 7.19. The van der Waals surface area contributed by atoms with Gasteiger partial charge in [0.1, 0.15) is 17.9 Å². The molecule has 0 aliphatic carbocycles. The molecule has 5 nitrogen and oxygen atoms in total. The molecule has 116 valence electrons. The van der Waals surface area contributed by atoms with Gasteiger partial charge >= 0.3 is 11.9 Å². The van der Waals surface area contributed by atoms with Crippen molar-refractivity contribution in [3.05, 3.63) is 65.7 Å². The first-order valence-corrected chi connectivity index (χ1v) is 6.58. The number of esters is 2. The second kappa shape index (κ2) is 9.18. The molecule has 0 saturated heterocycles. The largest absolute Gasteiger partial charge is 0.507 e. The van der Waals surface area contributed by atoms with Gasteiger partial charge in [-0.2, -0.15) is 0 Å². The molecule has 0 atom stereocenters. The first-order valence-electron chi connectivity index (χ1n) is 6.58. The maximum absolute atomic E-state index is 10.9. The first-order chi connectivity index (χ1) is 10.5. The van der Waals surface area contributed by atoms with Crippen LogP contribution in [0.15, 0.2) is 54.6 Å². The normalized spacial score (nSPS) is 9.18. The van der Waals surface area contributed by atoms with Crippen LogP contribution < -0.4 is 0 Å². The van der Waals surface area contributed by atoms with Crippen molar-refractivity contribution in [3.8, 4) is 5.75 Å². The summed E-state index contributed by atoms with van der Waals surface area (Å²) in [5.41, 5.74) is 1.21. The van der Waals surface area contributed by atoms with E-state index in [4.69, 9.17) is 9.84 Å². The van der Waals surface area contributed by atoms with Gasteiger partial charge in [0.25, 0.3) is 0 Å². The molecular weight excluding hydrogens is 284 g/mol. The minimum absolute atomic E-state index is 0.0562. The molecule has 0 spiro atoms. The van der Waals surface area contributed by atoms with Crippen LogP contribution in [0.25, 0.3) is 0 Å². The molecule has 0 aromatic heterocycles. The quantitative estimate of drug-likeness (QED) is 0.883. The Hall–Kier alpha value is -2.82. The third kappa shape index (κ3) is 6.09. The number of carbonyl (C=O) groups excluding carboxylic acids is 2. The number of phenolic OH excluding ortho intramolecular Hbond substituents is 1. The number of hydrogen-bond acceptors (Lipinski definition) is 5. The Morgan fingerprint density at radius 3 is 2.14 bits per heavy atom. The standard InChI is InChI=1S/C9H10O2.C8H8O3/c1-8(10)11-7-9-5-3-2-4-6-9;1-11-8(10)6-4-2-3-5-7(6)9/h2-6H,7H2,1H3;2-5,9H,1H3. The summed E-state index contributed by atoms with van der Waals surface area (Å²) < 4.78 is 9.21. The van der Waals surface area contributed by atoms with Crippen molar-refractivity contribution in [1.82, 2.24) is 0 Å². The molecule has 0 unspecified atom stereocenters. The summed E-state index contributed by atoms with van der Waals surface area (Å²) in [4.78, 5) is 21.2. The fourth-order valence-corrected chi connectivity index (χ4v) is 1.52. The lowest BCUT2D eigenvalue weighted by Crippen LogP contribution is -2.00. The smallest absolute Gasteiger partial charge is 0.341 e. The van der Waals surface area contributed by atoms with E-state index < -0.39 is 5.97 Å². The van der Waals surface area contributed by atoms with Crippen LogP contribution in [0.3, 0.4) is 0 Å². The SMILES string of the molecule is CC(=O)OCc1ccccc1.COC(=O)c1ccccc1O. The molecule has 1 N–H and O–H groups in total. The number of ether oxygens (including phenoxy) is 2. The Morgan fingerprint density at radius 2 is 1.59 bits per heavy atom. The maximum atomic E-state index is 10.9. The Labute approximate surface area is 129 Å². The summed E-state index contributed by atoms with van der Waals surface area (Å²) in [7, 11) is 1.27. The van der Waals surface area contributed by atoms with Gasteiger partial charge in [-0.25, -0.2) is 4.79 Å². The van der Waals surface area contributed by atoms with Crippen LogP contribution in [0.5, 0.6) is 5.75 Å². The molecule has 0 aliphatic rings. The van der Waals surface area contributed by atoms with Crippen LogP contribution in [0.1, 0.15) is 22.8 Å². The van der Waals surface area contributed by atoms with Crippen LogP contribution in [-0.4, -0.2) is 24.2 Å². The summed E-state index contributed by atoms with van der Waals surface area (Å²) >= 11 is 0. The van der Waals surface area contributed by atoms with E-state index >= 15 is 0 Å². The van der Waals surface area contributed by atoms with Crippen LogP contribution >= 0.6 is 0 Å². The monoisotopic (exact) mass is 302 g/mol. The minimum Gasteiger partial charge on any atom is -0.507 e. The van der Waals surface area contributed by atoms with Crippen molar-refractivity contribution in [2.24, 2.45) is 0 Å². The summed E-state index contributed by atoms with van der Waals surface area (Å²) in [6, 6.07) is 15.8. The average molecular weight is 302 g/mol. The van der Waals surface area contributed by atoms with Crippen molar-refractivity contribution in [3.63, 3.8) is 0 Å². The van der Waals surface area contributed by atoms with Crippen LogP contribution in [0, 0.1) is 0 Å². The maximum Gasteiger partial charge on any atom is 0.341 e. The average Bonchev–Trinajstić information content (AvgIpc) is 2.54.